The Morgan fingerprint density at radius 1 is 0.947 bits per heavy atom. The standard InChI is InChI=1S/C17H34N2/c1-4-15(13-5-8-17(19)12(3)9-13)16-7-6-14(18)10-11(16)2/h11-17H,4-10,18-19H2,1-3H3. The van der Waals surface area contributed by atoms with Gasteiger partial charge in [-0.25, -0.2) is 0 Å². The minimum atomic E-state index is 0.450. The summed E-state index contributed by atoms with van der Waals surface area (Å²) in [5, 5.41) is 0. The molecule has 2 aliphatic carbocycles. The number of nitrogens with two attached hydrogens (primary N) is 2. The minimum absolute atomic E-state index is 0.450. The molecule has 2 nitrogen and oxygen atoms in total. The molecule has 0 aromatic heterocycles. The van der Waals surface area contributed by atoms with Crippen LogP contribution in [0.4, 0.5) is 0 Å². The quantitative estimate of drug-likeness (QED) is 0.821. The maximum Gasteiger partial charge on any atom is 0.00647 e. The first-order valence-corrected chi connectivity index (χ1v) is 8.54. The zero-order valence-corrected chi connectivity index (χ0v) is 13.1. The normalized spacial score (nSPS) is 45.9. The molecule has 0 saturated heterocycles. The maximum absolute atomic E-state index is 6.19. The van der Waals surface area contributed by atoms with E-state index in [0.29, 0.717) is 18.0 Å². The van der Waals surface area contributed by atoms with Crippen LogP contribution in [0, 0.1) is 29.6 Å². The van der Waals surface area contributed by atoms with E-state index in [1.165, 1.54) is 44.9 Å². The van der Waals surface area contributed by atoms with Crippen molar-refractivity contribution in [2.75, 3.05) is 0 Å². The Kier molecular flexibility index (Phi) is 5.30. The van der Waals surface area contributed by atoms with Crippen LogP contribution in [-0.4, -0.2) is 12.1 Å². The molecule has 2 aliphatic rings. The molecule has 2 saturated carbocycles. The summed E-state index contributed by atoms with van der Waals surface area (Å²) in [6.07, 6.45) is 9.14. The third-order valence-electron chi connectivity index (χ3n) is 6.18. The largest absolute Gasteiger partial charge is 0.328 e. The topological polar surface area (TPSA) is 52.0 Å². The van der Waals surface area contributed by atoms with E-state index in [2.05, 4.69) is 20.8 Å². The van der Waals surface area contributed by atoms with E-state index >= 15 is 0 Å². The van der Waals surface area contributed by atoms with E-state index in [4.69, 9.17) is 11.5 Å². The fourth-order valence-electron chi connectivity index (χ4n) is 4.93. The van der Waals surface area contributed by atoms with Gasteiger partial charge in [-0.3, -0.25) is 0 Å². The lowest BCUT2D eigenvalue weighted by molar-refractivity contribution is 0.0756. The molecule has 7 atom stereocenters. The Morgan fingerprint density at radius 3 is 2.26 bits per heavy atom. The van der Waals surface area contributed by atoms with Crippen molar-refractivity contribution in [1.82, 2.24) is 0 Å². The van der Waals surface area contributed by atoms with Crippen molar-refractivity contribution in [2.24, 2.45) is 41.1 Å². The van der Waals surface area contributed by atoms with Crippen molar-refractivity contribution < 1.29 is 0 Å². The molecule has 19 heavy (non-hydrogen) atoms. The number of rotatable bonds is 3. The first-order valence-electron chi connectivity index (χ1n) is 8.54. The lowest BCUT2D eigenvalue weighted by atomic mass is 9.63. The number of hydrogen-bond acceptors (Lipinski definition) is 2. The predicted octanol–water partition coefficient (Wildman–Crippen LogP) is 3.54. The zero-order valence-electron chi connectivity index (χ0n) is 13.1. The second kappa shape index (κ2) is 6.58. The van der Waals surface area contributed by atoms with Gasteiger partial charge in [0.15, 0.2) is 0 Å². The van der Waals surface area contributed by atoms with Gasteiger partial charge in [0.05, 0.1) is 0 Å². The summed E-state index contributed by atoms with van der Waals surface area (Å²) in [6, 6.07) is 0.911. The molecule has 0 aliphatic heterocycles. The van der Waals surface area contributed by atoms with Crippen LogP contribution in [0.1, 0.15) is 65.7 Å². The van der Waals surface area contributed by atoms with Crippen molar-refractivity contribution in [2.45, 2.75) is 77.8 Å². The Morgan fingerprint density at radius 2 is 1.68 bits per heavy atom. The van der Waals surface area contributed by atoms with Gasteiger partial charge in [-0.1, -0.05) is 27.2 Å². The van der Waals surface area contributed by atoms with Gasteiger partial charge < -0.3 is 11.5 Å². The van der Waals surface area contributed by atoms with Crippen molar-refractivity contribution in [1.29, 1.82) is 0 Å². The van der Waals surface area contributed by atoms with E-state index in [-0.39, 0.29) is 0 Å². The van der Waals surface area contributed by atoms with Gasteiger partial charge in [0.25, 0.3) is 0 Å². The average molecular weight is 266 g/mol. The first-order chi connectivity index (χ1) is 9.02. The third kappa shape index (κ3) is 3.52. The molecular formula is C17H34N2. The monoisotopic (exact) mass is 266 g/mol. The fraction of sp³-hybridized carbons (Fsp3) is 1.00. The van der Waals surface area contributed by atoms with Crippen LogP contribution in [0.25, 0.3) is 0 Å². The van der Waals surface area contributed by atoms with Crippen molar-refractivity contribution >= 4 is 0 Å². The molecule has 7 unspecified atom stereocenters. The Bertz CT molecular complexity index is 278. The molecule has 0 spiro atoms. The highest BCUT2D eigenvalue weighted by molar-refractivity contribution is 4.90. The molecular weight excluding hydrogens is 232 g/mol. The van der Waals surface area contributed by atoms with Crippen LogP contribution in [0.15, 0.2) is 0 Å². The van der Waals surface area contributed by atoms with Gasteiger partial charge >= 0.3 is 0 Å². The second-order valence-corrected chi connectivity index (χ2v) is 7.50. The van der Waals surface area contributed by atoms with Gasteiger partial charge in [0, 0.05) is 12.1 Å². The van der Waals surface area contributed by atoms with Crippen LogP contribution in [-0.2, 0) is 0 Å². The summed E-state index contributed by atoms with van der Waals surface area (Å²) in [5.41, 5.74) is 12.3. The van der Waals surface area contributed by atoms with Crippen LogP contribution in [0.3, 0.4) is 0 Å². The molecule has 2 rings (SSSR count). The Hall–Kier alpha value is -0.0800. The maximum atomic E-state index is 6.19. The van der Waals surface area contributed by atoms with E-state index < -0.39 is 0 Å². The van der Waals surface area contributed by atoms with Crippen LogP contribution >= 0.6 is 0 Å². The number of hydrogen-bond donors (Lipinski definition) is 2. The van der Waals surface area contributed by atoms with Gasteiger partial charge in [0.2, 0.25) is 0 Å². The molecule has 0 amide bonds. The van der Waals surface area contributed by atoms with E-state index in [0.717, 1.165) is 23.7 Å². The molecule has 0 radical (unpaired) electrons. The summed E-state index contributed by atoms with van der Waals surface area (Å²) >= 11 is 0. The summed E-state index contributed by atoms with van der Waals surface area (Å²) in [6.45, 7) is 7.18. The van der Waals surface area contributed by atoms with Crippen LogP contribution in [0.5, 0.6) is 0 Å². The molecule has 2 fully saturated rings. The van der Waals surface area contributed by atoms with Crippen LogP contribution < -0.4 is 11.5 Å². The van der Waals surface area contributed by atoms with E-state index in [1.807, 2.05) is 0 Å². The van der Waals surface area contributed by atoms with Gasteiger partial charge in [-0.15, -0.1) is 0 Å². The van der Waals surface area contributed by atoms with Crippen molar-refractivity contribution in [3.63, 3.8) is 0 Å². The highest BCUT2D eigenvalue weighted by atomic mass is 14.7. The van der Waals surface area contributed by atoms with Crippen molar-refractivity contribution in [3.8, 4) is 0 Å². The molecule has 4 N–H and O–H groups in total. The predicted molar refractivity (Wildman–Crippen MR) is 82.7 cm³/mol. The lowest BCUT2D eigenvalue weighted by Gasteiger charge is -2.44. The van der Waals surface area contributed by atoms with Crippen molar-refractivity contribution in [3.05, 3.63) is 0 Å². The summed E-state index contributed by atoms with van der Waals surface area (Å²) in [5.74, 6) is 4.28. The van der Waals surface area contributed by atoms with Gasteiger partial charge in [-0.05, 0) is 68.1 Å². The Labute approximate surface area is 119 Å². The van der Waals surface area contributed by atoms with Gasteiger partial charge in [-0.2, -0.15) is 0 Å². The highest BCUT2D eigenvalue weighted by Gasteiger charge is 2.37. The zero-order chi connectivity index (χ0) is 14.0. The molecule has 2 heteroatoms. The summed E-state index contributed by atoms with van der Waals surface area (Å²) in [4.78, 5) is 0. The van der Waals surface area contributed by atoms with E-state index in [9.17, 15) is 0 Å². The summed E-state index contributed by atoms with van der Waals surface area (Å²) in [7, 11) is 0. The second-order valence-electron chi connectivity index (χ2n) is 7.50. The molecule has 0 aromatic rings. The molecule has 0 bridgehead atoms. The third-order valence-corrected chi connectivity index (χ3v) is 6.18. The highest BCUT2D eigenvalue weighted by Crippen LogP contribution is 2.44. The van der Waals surface area contributed by atoms with Gasteiger partial charge in [0.1, 0.15) is 0 Å². The lowest BCUT2D eigenvalue weighted by Crippen LogP contribution is -2.41. The molecule has 112 valence electrons. The summed E-state index contributed by atoms with van der Waals surface area (Å²) < 4.78 is 0. The Balaban J connectivity index is 1.99. The SMILES string of the molecule is CCC(C1CCC(N)C(C)C1)C1CCC(N)CC1C. The smallest absolute Gasteiger partial charge is 0.00647 e. The van der Waals surface area contributed by atoms with Crippen LogP contribution in [0.2, 0.25) is 0 Å². The van der Waals surface area contributed by atoms with E-state index in [1.54, 1.807) is 0 Å². The molecule has 0 aromatic carbocycles. The molecule has 0 heterocycles. The fourth-order valence-corrected chi connectivity index (χ4v) is 4.93. The average Bonchev–Trinajstić information content (AvgIpc) is 2.37. The minimum Gasteiger partial charge on any atom is -0.328 e. The first kappa shape index (κ1) is 15.3.